The Morgan fingerprint density at radius 1 is 0.269 bits per heavy atom. The predicted octanol–water partition coefficient (Wildman–Crippen LogP) is 20.0. The zero-order chi connectivity index (χ0) is 48.9. The summed E-state index contributed by atoms with van der Waals surface area (Å²) in [5.74, 6) is 0.931. The van der Waals surface area contributed by atoms with E-state index in [1.54, 1.807) is 0 Å². The molecular weight excluding hydrogens is 829 g/mol. The molecule has 0 saturated heterocycles. The highest BCUT2D eigenvalue weighted by molar-refractivity contribution is 5.71. The first-order valence-corrected chi connectivity index (χ1v) is 30.4. The highest BCUT2D eigenvalue weighted by Crippen LogP contribution is 2.26. The summed E-state index contributed by atoms with van der Waals surface area (Å²) in [4.78, 5) is 38.5. The van der Waals surface area contributed by atoms with E-state index in [-0.39, 0.29) is 31.1 Å². The monoisotopic (exact) mass is 947 g/mol. The molecule has 0 bridgehead atoms. The number of hydrogen-bond donors (Lipinski definition) is 0. The van der Waals surface area contributed by atoms with Crippen LogP contribution in [0, 0.1) is 11.8 Å². The molecule has 0 saturated carbocycles. The molecule has 3 atom stereocenters. The van der Waals surface area contributed by atoms with Crippen molar-refractivity contribution in [3.05, 3.63) is 0 Å². The summed E-state index contributed by atoms with van der Waals surface area (Å²) in [5, 5.41) is 0. The maximum absolute atomic E-state index is 13.0. The Hall–Kier alpha value is -1.59. The molecule has 0 heterocycles. The lowest BCUT2D eigenvalue weighted by molar-refractivity contribution is -0.167. The van der Waals surface area contributed by atoms with Gasteiger partial charge in [0.15, 0.2) is 6.10 Å². The van der Waals surface area contributed by atoms with Gasteiger partial charge < -0.3 is 14.2 Å². The second-order valence-corrected chi connectivity index (χ2v) is 21.2. The molecule has 0 aromatic heterocycles. The lowest BCUT2D eigenvalue weighted by Gasteiger charge is -2.18. The Bertz CT molecular complexity index is 1030. The van der Waals surface area contributed by atoms with E-state index in [1.165, 1.54) is 231 Å². The second kappa shape index (κ2) is 53.8. The van der Waals surface area contributed by atoms with Crippen molar-refractivity contribution in [2.24, 2.45) is 11.8 Å². The summed E-state index contributed by atoms with van der Waals surface area (Å²) in [7, 11) is 0. The van der Waals surface area contributed by atoms with Crippen LogP contribution in [0.4, 0.5) is 0 Å². The van der Waals surface area contributed by atoms with Crippen LogP contribution in [0.15, 0.2) is 0 Å². The molecule has 0 aromatic rings. The van der Waals surface area contributed by atoms with Crippen molar-refractivity contribution in [2.75, 3.05) is 13.2 Å². The quantitative estimate of drug-likeness (QED) is 0.0343. The molecule has 0 fully saturated rings. The number of esters is 3. The van der Waals surface area contributed by atoms with Crippen molar-refractivity contribution < 1.29 is 28.6 Å². The van der Waals surface area contributed by atoms with E-state index < -0.39 is 6.10 Å². The zero-order valence-electron chi connectivity index (χ0n) is 46.0. The Balaban J connectivity index is 4.72. The molecular formula is C61H118O6. The van der Waals surface area contributed by atoms with Crippen LogP contribution in [0.2, 0.25) is 0 Å². The van der Waals surface area contributed by atoms with Gasteiger partial charge in [-0.05, 0) is 31.1 Å². The smallest absolute Gasteiger partial charge is 0.306 e. The molecule has 6 heteroatoms. The number of unbranched alkanes of at least 4 members (excludes halogenated alkanes) is 32. The Morgan fingerprint density at radius 2 is 0.478 bits per heavy atom. The molecule has 6 nitrogen and oxygen atoms in total. The molecule has 0 aromatic carbocycles. The van der Waals surface area contributed by atoms with E-state index in [2.05, 4.69) is 34.6 Å². The normalized spacial score (nSPS) is 12.9. The summed E-state index contributed by atoms with van der Waals surface area (Å²) in [5.41, 5.74) is 0. The molecule has 0 aliphatic rings. The Labute approximate surface area is 418 Å². The standard InChI is InChI=1S/C61H118O6/c1-6-11-16-19-22-23-26-33-42-51-59(62)65-54-58(67-61(64)53-44-35-28-32-41-50-57(46-37-15-10-5)48-39-30-25-21-18-13-8-3)55-66-60(63)52-43-34-27-31-40-49-56(45-36-14-9-4)47-38-29-24-20-17-12-7-2/h56-58H,6-55H2,1-5H3. The third kappa shape index (κ3) is 49.2. The third-order valence-corrected chi connectivity index (χ3v) is 14.5. The highest BCUT2D eigenvalue weighted by Gasteiger charge is 2.20. The van der Waals surface area contributed by atoms with Crippen LogP contribution in [-0.2, 0) is 28.6 Å². The van der Waals surface area contributed by atoms with Crippen molar-refractivity contribution in [3.63, 3.8) is 0 Å². The summed E-state index contributed by atoms with van der Waals surface area (Å²) >= 11 is 0. The molecule has 0 aliphatic heterocycles. The molecule has 3 unspecified atom stereocenters. The minimum Gasteiger partial charge on any atom is -0.462 e. The van der Waals surface area contributed by atoms with Gasteiger partial charge in [0.25, 0.3) is 0 Å². The fourth-order valence-corrected chi connectivity index (χ4v) is 9.93. The van der Waals surface area contributed by atoms with Gasteiger partial charge in [0, 0.05) is 19.3 Å². The Morgan fingerprint density at radius 3 is 0.761 bits per heavy atom. The number of rotatable bonds is 55. The van der Waals surface area contributed by atoms with E-state index in [1.807, 2.05) is 0 Å². The van der Waals surface area contributed by atoms with Gasteiger partial charge in [-0.2, -0.15) is 0 Å². The lowest BCUT2D eigenvalue weighted by Crippen LogP contribution is -2.30. The van der Waals surface area contributed by atoms with E-state index >= 15 is 0 Å². The van der Waals surface area contributed by atoms with Gasteiger partial charge in [-0.3, -0.25) is 14.4 Å². The molecule has 398 valence electrons. The van der Waals surface area contributed by atoms with Crippen molar-refractivity contribution in [1.82, 2.24) is 0 Å². The average Bonchev–Trinajstić information content (AvgIpc) is 3.32. The third-order valence-electron chi connectivity index (χ3n) is 14.5. The van der Waals surface area contributed by atoms with Gasteiger partial charge >= 0.3 is 17.9 Å². The molecule has 0 spiro atoms. The van der Waals surface area contributed by atoms with Crippen molar-refractivity contribution in [3.8, 4) is 0 Å². The van der Waals surface area contributed by atoms with Crippen LogP contribution in [0.5, 0.6) is 0 Å². The first kappa shape index (κ1) is 65.4. The first-order chi connectivity index (χ1) is 32.9. The van der Waals surface area contributed by atoms with Crippen LogP contribution < -0.4 is 0 Å². The largest absolute Gasteiger partial charge is 0.462 e. The topological polar surface area (TPSA) is 78.9 Å². The van der Waals surface area contributed by atoms with Gasteiger partial charge in [0.1, 0.15) is 13.2 Å². The summed E-state index contributed by atoms with van der Waals surface area (Å²) in [6, 6.07) is 0. The number of carbonyl (C=O) groups is 3. The Kier molecular flexibility index (Phi) is 52.5. The van der Waals surface area contributed by atoms with E-state index in [0.717, 1.165) is 69.6 Å². The van der Waals surface area contributed by atoms with E-state index in [0.29, 0.717) is 19.3 Å². The molecule has 0 radical (unpaired) electrons. The second-order valence-electron chi connectivity index (χ2n) is 21.2. The van der Waals surface area contributed by atoms with E-state index in [4.69, 9.17) is 14.2 Å². The van der Waals surface area contributed by atoms with Crippen LogP contribution >= 0.6 is 0 Å². The molecule has 0 aliphatic carbocycles. The van der Waals surface area contributed by atoms with Crippen LogP contribution in [0.1, 0.15) is 343 Å². The number of hydrogen-bond acceptors (Lipinski definition) is 6. The van der Waals surface area contributed by atoms with Crippen LogP contribution in [0.25, 0.3) is 0 Å². The summed E-state index contributed by atoms with van der Waals surface area (Å²) in [6.45, 7) is 11.3. The summed E-state index contributed by atoms with van der Waals surface area (Å²) < 4.78 is 17.0. The minimum atomic E-state index is -0.768. The van der Waals surface area contributed by atoms with Gasteiger partial charge in [0.2, 0.25) is 0 Å². The highest BCUT2D eigenvalue weighted by atomic mass is 16.6. The maximum Gasteiger partial charge on any atom is 0.306 e. The molecule has 0 rings (SSSR count). The average molecular weight is 948 g/mol. The first-order valence-electron chi connectivity index (χ1n) is 30.4. The fourth-order valence-electron chi connectivity index (χ4n) is 9.93. The fraction of sp³-hybridized carbons (Fsp3) is 0.951. The maximum atomic E-state index is 13.0. The molecule has 67 heavy (non-hydrogen) atoms. The molecule has 0 N–H and O–H groups in total. The van der Waals surface area contributed by atoms with Gasteiger partial charge in [-0.1, -0.05) is 304 Å². The van der Waals surface area contributed by atoms with Crippen LogP contribution in [-0.4, -0.2) is 37.2 Å². The lowest BCUT2D eigenvalue weighted by atomic mass is 9.89. The number of ether oxygens (including phenoxy) is 3. The molecule has 0 amide bonds. The SMILES string of the molecule is CCCCCCCCCCCC(=O)OCC(COC(=O)CCCCCCCC(CCCCC)CCCCCCCCC)OC(=O)CCCCCCCC(CCCCC)CCCCCCCCC. The van der Waals surface area contributed by atoms with Gasteiger partial charge in [-0.25, -0.2) is 0 Å². The summed E-state index contributed by atoms with van der Waals surface area (Å²) in [6.07, 6.45) is 57.7. The minimum absolute atomic E-state index is 0.0632. The van der Waals surface area contributed by atoms with Crippen molar-refractivity contribution >= 4 is 17.9 Å². The zero-order valence-corrected chi connectivity index (χ0v) is 46.0. The van der Waals surface area contributed by atoms with Crippen LogP contribution in [0.3, 0.4) is 0 Å². The van der Waals surface area contributed by atoms with Crippen molar-refractivity contribution in [1.29, 1.82) is 0 Å². The van der Waals surface area contributed by atoms with Gasteiger partial charge in [-0.15, -0.1) is 0 Å². The number of carbonyl (C=O) groups excluding carboxylic acids is 3. The van der Waals surface area contributed by atoms with E-state index in [9.17, 15) is 14.4 Å². The van der Waals surface area contributed by atoms with Crippen molar-refractivity contribution in [2.45, 2.75) is 349 Å². The predicted molar refractivity (Wildman–Crippen MR) is 289 cm³/mol. The van der Waals surface area contributed by atoms with Gasteiger partial charge in [0.05, 0.1) is 0 Å².